The largest absolute Gasteiger partial charge is 0.341 e. The second-order valence-electron chi connectivity index (χ2n) is 7.76. The molecule has 5 heteroatoms. The van der Waals surface area contributed by atoms with Crippen molar-refractivity contribution in [1.29, 1.82) is 0 Å². The molecule has 0 aromatic heterocycles. The Hall–Kier alpha value is -2.95. The van der Waals surface area contributed by atoms with Gasteiger partial charge in [-0.3, -0.25) is 19.3 Å². The molecule has 5 nitrogen and oxygen atoms in total. The van der Waals surface area contributed by atoms with Crippen LogP contribution in [0.2, 0.25) is 0 Å². The van der Waals surface area contributed by atoms with Crippen molar-refractivity contribution in [2.75, 3.05) is 13.1 Å². The Labute approximate surface area is 178 Å². The monoisotopic (exact) mass is 406 g/mol. The first-order valence-electron chi connectivity index (χ1n) is 10.9. The average Bonchev–Trinajstić information content (AvgIpc) is 3.03. The van der Waals surface area contributed by atoms with Crippen LogP contribution in [0.3, 0.4) is 0 Å². The van der Waals surface area contributed by atoms with Crippen LogP contribution in [0.4, 0.5) is 0 Å². The number of rotatable bonds is 10. The van der Waals surface area contributed by atoms with E-state index in [1.165, 1.54) is 4.90 Å². The maximum Gasteiger partial charge on any atom is 0.262 e. The summed E-state index contributed by atoms with van der Waals surface area (Å²) in [5.74, 6) is -0.901. The lowest BCUT2D eigenvalue weighted by Gasteiger charge is -2.32. The van der Waals surface area contributed by atoms with Crippen molar-refractivity contribution in [3.8, 4) is 0 Å². The number of benzene rings is 2. The standard InChI is InChI=1S/C25H30N2O3/c1-3-5-16-26(17-6-4-2)25(30)22(18-19-12-8-7-9-13-19)27-23(28)20-14-10-11-15-21(20)24(27)29/h7-15,22H,3-6,16-18H2,1-2H3/t22-/m1/s1. The molecule has 0 saturated carbocycles. The van der Waals surface area contributed by atoms with E-state index in [4.69, 9.17) is 0 Å². The van der Waals surface area contributed by atoms with Crippen LogP contribution in [0.5, 0.6) is 0 Å². The lowest BCUT2D eigenvalue weighted by Crippen LogP contribution is -2.52. The number of hydrogen-bond acceptors (Lipinski definition) is 3. The normalized spacial score (nSPS) is 14.0. The van der Waals surface area contributed by atoms with Gasteiger partial charge in [-0.05, 0) is 30.5 Å². The van der Waals surface area contributed by atoms with Crippen molar-refractivity contribution in [1.82, 2.24) is 9.80 Å². The molecule has 3 amide bonds. The highest BCUT2D eigenvalue weighted by molar-refractivity contribution is 6.22. The highest BCUT2D eigenvalue weighted by atomic mass is 16.2. The summed E-state index contributed by atoms with van der Waals surface area (Å²) >= 11 is 0. The second-order valence-corrected chi connectivity index (χ2v) is 7.76. The van der Waals surface area contributed by atoms with Crippen LogP contribution in [0.15, 0.2) is 54.6 Å². The van der Waals surface area contributed by atoms with Gasteiger partial charge in [0.2, 0.25) is 5.91 Å². The number of amides is 3. The fraction of sp³-hybridized carbons (Fsp3) is 0.400. The van der Waals surface area contributed by atoms with Gasteiger partial charge in [-0.25, -0.2) is 0 Å². The first-order valence-corrected chi connectivity index (χ1v) is 10.9. The molecular weight excluding hydrogens is 376 g/mol. The fourth-order valence-corrected chi connectivity index (χ4v) is 3.86. The van der Waals surface area contributed by atoms with Gasteiger partial charge in [0.05, 0.1) is 11.1 Å². The molecule has 2 aromatic carbocycles. The van der Waals surface area contributed by atoms with E-state index in [9.17, 15) is 14.4 Å². The molecule has 0 aliphatic carbocycles. The Kier molecular flexibility index (Phi) is 7.39. The van der Waals surface area contributed by atoms with Crippen LogP contribution in [0.25, 0.3) is 0 Å². The van der Waals surface area contributed by atoms with Crippen molar-refractivity contribution in [2.24, 2.45) is 0 Å². The van der Waals surface area contributed by atoms with Gasteiger partial charge in [-0.1, -0.05) is 69.2 Å². The molecule has 158 valence electrons. The van der Waals surface area contributed by atoms with Gasteiger partial charge in [-0.15, -0.1) is 0 Å². The van der Waals surface area contributed by atoms with Gasteiger partial charge in [0, 0.05) is 19.5 Å². The van der Waals surface area contributed by atoms with Crippen LogP contribution < -0.4 is 0 Å². The summed E-state index contributed by atoms with van der Waals surface area (Å²) in [6.45, 7) is 5.47. The molecule has 0 fully saturated rings. The van der Waals surface area contributed by atoms with Gasteiger partial charge in [-0.2, -0.15) is 0 Å². The van der Waals surface area contributed by atoms with E-state index >= 15 is 0 Å². The molecule has 2 aromatic rings. The van der Waals surface area contributed by atoms with Gasteiger partial charge in [0.25, 0.3) is 11.8 Å². The summed E-state index contributed by atoms with van der Waals surface area (Å²) < 4.78 is 0. The highest BCUT2D eigenvalue weighted by Gasteiger charge is 2.43. The van der Waals surface area contributed by atoms with Crippen LogP contribution in [0, 0.1) is 0 Å². The van der Waals surface area contributed by atoms with Gasteiger partial charge < -0.3 is 4.90 Å². The topological polar surface area (TPSA) is 57.7 Å². The first-order chi connectivity index (χ1) is 14.6. The van der Waals surface area contributed by atoms with Crippen molar-refractivity contribution in [3.63, 3.8) is 0 Å². The third-order valence-electron chi connectivity index (χ3n) is 5.57. The van der Waals surface area contributed by atoms with Crippen molar-refractivity contribution in [2.45, 2.75) is 52.0 Å². The van der Waals surface area contributed by atoms with E-state index in [0.29, 0.717) is 30.6 Å². The summed E-state index contributed by atoms with van der Waals surface area (Å²) in [4.78, 5) is 42.9. The summed E-state index contributed by atoms with van der Waals surface area (Å²) in [7, 11) is 0. The van der Waals surface area contributed by atoms with Crippen molar-refractivity contribution in [3.05, 3.63) is 71.3 Å². The minimum Gasteiger partial charge on any atom is -0.341 e. The van der Waals surface area contributed by atoms with E-state index in [1.807, 2.05) is 35.2 Å². The number of carbonyl (C=O) groups is 3. The molecule has 1 heterocycles. The summed E-state index contributed by atoms with van der Waals surface area (Å²) in [5.41, 5.74) is 1.68. The number of fused-ring (bicyclic) bond motifs is 1. The minimum absolute atomic E-state index is 0.143. The lowest BCUT2D eigenvalue weighted by molar-refractivity contribution is -0.135. The quantitative estimate of drug-likeness (QED) is 0.552. The summed E-state index contributed by atoms with van der Waals surface area (Å²) in [6.07, 6.45) is 4.07. The zero-order valence-corrected chi connectivity index (χ0v) is 17.8. The summed E-state index contributed by atoms with van der Waals surface area (Å²) in [6, 6.07) is 15.6. The van der Waals surface area contributed by atoms with E-state index < -0.39 is 6.04 Å². The third-order valence-corrected chi connectivity index (χ3v) is 5.57. The lowest BCUT2D eigenvalue weighted by atomic mass is 10.0. The Balaban J connectivity index is 1.95. The summed E-state index contributed by atoms with van der Waals surface area (Å²) in [5, 5.41) is 0. The number of unbranched alkanes of at least 4 members (excludes halogenated alkanes) is 2. The zero-order chi connectivity index (χ0) is 21.5. The predicted octanol–water partition coefficient (Wildman–Crippen LogP) is 4.32. The zero-order valence-electron chi connectivity index (χ0n) is 17.8. The maximum atomic E-state index is 13.7. The molecule has 0 radical (unpaired) electrons. The van der Waals surface area contributed by atoms with E-state index in [-0.39, 0.29) is 17.7 Å². The first kappa shape index (κ1) is 21.8. The second kappa shape index (κ2) is 10.2. The predicted molar refractivity (Wildman–Crippen MR) is 117 cm³/mol. The molecule has 0 unspecified atom stereocenters. The van der Waals surface area contributed by atoms with Crippen LogP contribution in [-0.2, 0) is 11.2 Å². The number of imide groups is 1. The minimum atomic E-state index is -0.839. The molecule has 3 rings (SSSR count). The van der Waals surface area contributed by atoms with E-state index in [1.54, 1.807) is 24.3 Å². The SMILES string of the molecule is CCCCN(CCCC)C(=O)[C@@H](Cc1ccccc1)N1C(=O)c2ccccc2C1=O. The molecule has 1 aliphatic heterocycles. The van der Waals surface area contributed by atoms with E-state index in [0.717, 1.165) is 31.2 Å². The average molecular weight is 407 g/mol. The van der Waals surface area contributed by atoms with Crippen LogP contribution in [-0.4, -0.2) is 46.7 Å². The molecule has 0 N–H and O–H groups in total. The molecular formula is C25H30N2O3. The smallest absolute Gasteiger partial charge is 0.262 e. The van der Waals surface area contributed by atoms with Crippen molar-refractivity contribution < 1.29 is 14.4 Å². The number of carbonyl (C=O) groups excluding carboxylic acids is 3. The molecule has 1 aliphatic rings. The Morgan fingerprint density at radius 3 is 1.83 bits per heavy atom. The van der Waals surface area contributed by atoms with Gasteiger partial charge >= 0.3 is 0 Å². The third kappa shape index (κ3) is 4.61. The van der Waals surface area contributed by atoms with E-state index in [2.05, 4.69) is 13.8 Å². The highest BCUT2D eigenvalue weighted by Crippen LogP contribution is 2.27. The number of nitrogens with zero attached hydrogens (tertiary/aromatic N) is 2. The molecule has 0 spiro atoms. The molecule has 0 bridgehead atoms. The Morgan fingerprint density at radius 2 is 1.33 bits per heavy atom. The van der Waals surface area contributed by atoms with Crippen LogP contribution in [0.1, 0.15) is 65.8 Å². The van der Waals surface area contributed by atoms with Crippen LogP contribution >= 0.6 is 0 Å². The molecule has 1 atom stereocenters. The van der Waals surface area contributed by atoms with Gasteiger partial charge in [0.15, 0.2) is 0 Å². The Morgan fingerprint density at radius 1 is 0.833 bits per heavy atom. The fourth-order valence-electron chi connectivity index (χ4n) is 3.86. The van der Waals surface area contributed by atoms with Crippen molar-refractivity contribution >= 4 is 17.7 Å². The number of hydrogen-bond donors (Lipinski definition) is 0. The molecule has 0 saturated heterocycles. The Bertz CT molecular complexity index is 851. The maximum absolute atomic E-state index is 13.7. The van der Waals surface area contributed by atoms with Gasteiger partial charge in [0.1, 0.15) is 6.04 Å². The molecule has 30 heavy (non-hydrogen) atoms.